The number of nitrogens with one attached hydrogen (secondary N) is 1. The molecule has 27 heavy (non-hydrogen) atoms. The van der Waals surface area contributed by atoms with E-state index in [1.165, 1.54) is 24.1 Å². The van der Waals surface area contributed by atoms with Crippen LogP contribution in [0.3, 0.4) is 0 Å². The molecule has 0 atom stereocenters. The summed E-state index contributed by atoms with van der Waals surface area (Å²) in [6.07, 6.45) is 5.57. The van der Waals surface area contributed by atoms with Crippen molar-refractivity contribution in [2.24, 2.45) is 0 Å². The zero-order valence-corrected chi connectivity index (χ0v) is 16.6. The maximum absolute atomic E-state index is 8.36. The number of fused-ring (bicyclic) bond motifs is 1. The molecule has 148 valence electrons. The first-order chi connectivity index (χ1) is 13.0. The minimum atomic E-state index is -0.250. The normalized spacial score (nSPS) is 12.6. The topological polar surface area (TPSA) is 109 Å². The van der Waals surface area contributed by atoms with Gasteiger partial charge in [-0.25, -0.2) is 9.97 Å². The summed E-state index contributed by atoms with van der Waals surface area (Å²) in [7, 11) is 3.98. The smallest absolute Gasteiger partial charge is 0.290 e. The van der Waals surface area contributed by atoms with Gasteiger partial charge in [-0.3, -0.25) is 9.48 Å². The lowest BCUT2D eigenvalue weighted by atomic mass is 9.96. The second-order valence-corrected chi connectivity index (χ2v) is 6.71. The molecule has 2 N–H and O–H groups in total. The predicted molar refractivity (Wildman–Crippen MR) is 104 cm³/mol. The first kappa shape index (κ1) is 20.6. The summed E-state index contributed by atoms with van der Waals surface area (Å²) in [6.45, 7) is 5.41. The van der Waals surface area contributed by atoms with Crippen molar-refractivity contribution in [2.75, 3.05) is 30.9 Å². The molecule has 0 amide bonds. The summed E-state index contributed by atoms with van der Waals surface area (Å²) < 4.78 is 1.97. The molecular weight excluding hydrogens is 346 g/mol. The zero-order chi connectivity index (χ0) is 19.8. The van der Waals surface area contributed by atoms with Crippen LogP contribution < -0.4 is 10.2 Å². The number of hydrogen-bond donors (Lipinski definition) is 2. The Morgan fingerprint density at radius 3 is 2.52 bits per heavy atom. The molecule has 0 saturated carbocycles. The summed E-state index contributed by atoms with van der Waals surface area (Å²) in [5, 5.41) is 14.8. The number of anilines is 2. The molecule has 0 aliphatic heterocycles. The highest BCUT2D eigenvalue weighted by molar-refractivity contribution is 5.52. The van der Waals surface area contributed by atoms with Crippen LogP contribution in [0, 0.1) is 13.8 Å². The maximum Gasteiger partial charge on any atom is 0.290 e. The Bertz CT molecular complexity index is 758. The van der Waals surface area contributed by atoms with Crippen LogP contribution in [0.25, 0.3) is 0 Å². The fourth-order valence-corrected chi connectivity index (χ4v) is 3.14. The Balaban J connectivity index is 0.000000817. The molecule has 0 unspecified atom stereocenters. The molecule has 0 saturated heterocycles. The fourth-order valence-electron chi connectivity index (χ4n) is 3.14. The quantitative estimate of drug-likeness (QED) is 0.581. The van der Waals surface area contributed by atoms with Crippen LogP contribution in [0.1, 0.15) is 42.2 Å². The third kappa shape index (κ3) is 5.63. The van der Waals surface area contributed by atoms with Crippen LogP contribution in [0.5, 0.6) is 0 Å². The van der Waals surface area contributed by atoms with E-state index < -0.39 is 0 Å². The van der Waals surface area contributed by atoms with Crippen LogP contribution >= 0.6 is 0 Å². The van der Waals surface area contributed by atoms with Crippen molar-refractivity contribution in [3.63, 3.8) is 0 Å². The Kier molecular flexibility index (Phi) is 7.51. The van der Waals surface area contributed by atoms with Crippen molar-refractivity contribution >= 4 is 18.2 Å². The van der Waals surface area contributed by atoms with E-state index in [9.17, 15) is 0 Å². The van der Waals surface area contributed by atoms with E-state index in [0.717, 1.165) is 55.8 Å². The van der Waals surface area contributed by atoms with Crippen molar-refractivity contribution in [1.29, 1.82) is 0 Å². The Morgan fingerprint density at radius 2 is 1.89 bits per heavy atom. The maximum atomic E-state index is 8.36. The van der Waals surface area contributed by atoms with Gasteiger partial charge in [-0.2, -0.15) is 10.1 Å². The second kappa shape index (κ2) is 9.84. The van der Waals surface area contributed by atoms with Gasteiger partial charge >= 0.3 is 0 Å². The number of aromatic nitrogens is 5. The van der Waals surface area contributed by atoms with Gasteiger partial charge in [-0.1, -0.05) is 0 Å². The van der Waals surface area contributed by atoms with E-state index in [4.69, 9.17) is 19.9 Å². The van der Waals surface area contributed by atoms with Gasteiger partial charge in [-0.15, -0.1) is 0 Å². The summed E-state index contributed by atoms with van der Waals surface area (Å²) >= 11 is 0. The summed E-state index contributed by atoms with van der Waals surface area (Å²) in [4.78, 5) is 24.1. The first-order valence-corrected chi connectivity index (χ1v) is 9.23. The molecule has 9 nitrogen and oxygen atoms in total. The number of carboxylic acid groups (broad SMARTS) is 1. The number of aryl methyl sites for hydroxylation is 4. The number of carbonyl (C=O) groups is 1. The minimum Gasteiger partial charge on any atom is -0.483 e. The van der Waals surface area contributed by atoms with Crippen LogP contribution in [-0.4, -0.2) is 57.0 Å². The zero-order valence-electron chi connectivity index (χ0n) is 16.6. The van der Waals surface area contributed by atoms with Gasteiger partial charge in [0, 0.05) is 32.7 Å². The molecule has 1 aliphatic rings. The van der Waals surface area contributed by atoms with Crippen molar-refractivity contribution in [3.8, 4) is 0 Å². The molecule has 3 rings (SSSR count). The molecule has 2 aromatic rings. The van der Waals surface area contributed by atoms with Gasteiger partial charge in [0.2, 0.25) is 5.95 Å². The number of rotatable bonds is 6. The van der Waals surface area contributed by atoms with E-state index in [1.54, 1.807) is 0 Å². The lowest BCUT2D eigenvalue weighted by molar-refractivity contribution is -0.122. The molecule has 9 heteroatoms. The highest BCUT2D eigenvalue weighted by Gasteiger charge is 2.18. The molecular formula is C18H29N7O2. The summed E-state index contributed by atoms with van der Waals surface area (Å²) in [5.41, 5.74) is 2.52. The monoisotopic (exact) mass is 375 g/mol. The summed E-state index contributed by atoms with van der Waals surface area (Å²) in [6, 6.07) is 0. The van der Waals surface area contributed by atoms with Crippen LogP contribution in [-0.2, 0) is 24.2 Å². The molecule has 1 aliphatic carbocycles. The van der Waals surface area contributed by atoms with E-state index in [0.29, 0.717) is 0 Å². The average Bonchev–Trinajstić information content (AvgIpc) is 2.96. The molecule has 0 aromatic carbocycles. The number of nitrogens with zero attached hydrogens (tertiary/aromatic N) is 6. The van der Waals surface area contributed by atoms with Crippen molar-refractivity contribution in [2.45, 2.75) is 52.5 Å². The largest absolute Gasteiger partial charge is 0.483 e. The highest BCUT2D eigenvalue weighted by atomic mass is 16.3. The SMILES string of the molecule is Cc1nc(C)n(CCCNc2nc(N(C)C)nc3c2CCCC3)n1.O=CO. The van der Waals surface area contributed by atoms with E-state index in [1.807, 2.05) is 37.5 Å². The Hall–Kier alpha value is -2.71. The molecule has 0 spiro atoms. The van der Waals surface area contributed by atoms with E-state index in [2.05, 4.69) is 15.4 Å². The second-order valence-electron chi connectivity index (χ2n) is 6.71. The Labute approximate surface area is 159 Å². The van der Waals surface area contributed by atoms with E-state index in [-0.39, 0.29) is 6.47 Å². The molecule has 0 radical (unpaired) electrons. The lowest BCUT2D eigenvalue weighted by Crippen LogP contribution is -2.20. The fraction of sp³-hybridized carbons (Fsp3) is 0.611. The van der Waals surface area contributed by atoms with Crippen LogP contribution in [0.15, 0.2) is 0 Å². The van der Waals surface area contributed by atoms with Gasteiger partial charge < -0.3 is 15.3 Å². The number of hydrogen-bond acceptors (Lipinski definition) is 7. The third-order valence-electron chi connectivity index (χ3n) is 4.37. The van der Waals surface area contributed by atoms with Crippen LogP contribution in [0.2, 0.25) is 0 Å². The molecule has 0 fully saturated rings. The van der Waals surface area contributed by atoms with Gasteiger partial charge in [0.25, 0.3) is 6.47 Å². The van der Waals surface area contributed by atoms with Gasteiger partial charge in [-0.05, 0) is 46.0 Å². The van der Waals surface area contributed by atoms with Crippen molar-refractivity contribution in [3.05, 3.63) is 22.9 Å². The minimum absolute atomic E-state index is 0.250. The van der Waals surface area contributed by atoms with Gasteiger partial charge in [0.1, 0.15) is 17.5 Å². The van der Waals surface area contributed by atoms with Gasteiger partial charge in [0.15, 0.2) is 0 Å². The predicted octanol–water partition coefficient (Wildman–Crippen LogP) is 1.83. The lowest BCUT2D eigenvalue weighted by Gasteiger charge is -2.21. The molecule has 2 heterocycles. The molecule has 2 aromatic heterocycles. The van der Waals surface area contributed by atoms with Crippen LogP contribution in [0.4, 0.5) is 11.8 Å². The third-order valence-corrected chi connectivity index (χ3v) is 4.37. The standard InChI is InChI=1S/C17H27N7.CH2O2/c1-12-19-13(2)24(22-12)11-7-10-18-16-14-8-5-6-9-15(14)20-17(21-16)23(3)4;2-1-3/h5-11H2,1-4H3,(H,18,20,21);1H,(H,2,3). The molecule has 0 bridgehead atoms. The summed E-state index contributed by atoms with van der Waals surface area (Å²) in [5.74, 6) is 3.61. The average molecular weight is 375 g/mol. The van der Waals surface area contributed by atoms with Gasteiger partial charge in [0.05, 0.1) is 5.69 Å². The first-order valence-electron chi connectivity index (χ1n) is 9.23. The Morgan fingerprint density at radius 1 is 1.19 bits per heavy atom. The highest BCUT2D eigenvalue weighted by Crippen LogP contribution is 2.27. The van der Waals surface area contributed by atoms with Crippen molar-refractivity contribution < 1.29 is 9.90 Å². The van der Waals surface area contributed by atoms with E-state index >= 15 is 0 Å². The van der Waals surface area contributed by atoms with Crippen molar-refractivity contribution in [1.82, 2.24) is 24.7 Å².